The van der Waals surface area contributed by atoms with E-state index in [1.807, 2.05) is 0 Å². The molecule has 0 saturated carbocycles. The van der Waals surface area contributed by atoms with Crippen molar-refractivity contribution in [3.8, 4) is 0 Å². The van der Waals surface area contributed by atoms with E-state index in [2.05, 4.69) is 0 Å². The van der Waals surface area contributed by atoms with Gasteiger partial charge in [-0.1, -0.05) is 0 Å². The molecule has 0 rings (SSSR count). The summed E-state index contributed by atoms with van der Waals surface area (Å²) in [4.78, 5) is 0. The molecule has 0 bridgehead atoms. The second kappa shape index (κ2) is 5.53. The molecule has 0 N–H and O–H groups in total. The zero-order chi connectivity index (χ0) is 3.58. The van der Waals surface area contributed by atoms with Gasteiger partial charge < -0.3 is 10.3 Å². The molecule has 5 heavy (non-hydrogen) atoms. The zero-order valence-corrected chi connectivity index (χ0v) is 8.83. The topological polar surface area (TPSA) is 69.2 Å². The third-order valence-electron chi connectivity index (χ3n) is 0. The minimum Gasteiger partial charge on any atom is -0.427 e. The van der Waals surface area contributed by atoms with Crippen LogP contribution < -0.4 is 31.4 Å². The van der Waals surface area contributed by atoms with E-state index < -0.39 is 21.1 Å². The Hall–Kier alpha value is 1.53. The van der Waals surface area contributed by atoms with Crippen LogP contribution >= 0.6 is 0 Å². The van der Waals surface area contributed by atoms with Crippen LogP contribution in [-0.4, -0.2) is 27.3 Å². The Labute approximate surface area is 58.2 Å². The Balaban J connectivity index is 0. The van der Waals surface area contributed by atoms with Crippen molar-refractivity contribution >= 4 is 27.3 Å². The van der Waals surface area contributed by atoms with Crippen molar-refractivity contribution < 1.29 is 31.4 Å². The number of hydrogen-bond donors (Lipinski definition) is 0. The van der Waals surface area contributed by atoms with Gasteiger partial charge in [0.05, 0.1) is 0 Å². The van der Waals surface area contributed by atoms with E-state index in [9.17, 15) is 0 Å². The van der Waals surface area contributed by atoms with E-state index in [1.54, 1.807) is 0 Å². The van der Waals surface area contributed by atoms with Crippen LogP contribution in [0.4, 0.5) is 0 Å². The summed E-state index contributed by atoms with van der Waals surface area (Å²) in [6.45, 7) is 0. The van der Waals surface area contributed by atoms with Crippen LogP contribution in [0.1, 0.15) is 0 Å². The van der Waals surface area contributed by atoms with Crippen LogP contribution in [0.2, 0.25) is 0 Å². The first kappa shape index (κ1) is 9.73. The average molecular weight is 379 g/mol. The molecule has 0 heterocycles. The maximum atomic E-state index is 8.57. The molecule has 0 unspecified atom stereocenters. The first-order chi connectivity index (χ1) is 1.73. The molecule has 29 valence electrons. The molecular weight excluding hydrogens is 379 g/mol. The van der Waals surface area contributed by atoms with Crippen LogP contribution in [0.15, 0.2) is 0 Å². The van der Waals surface area contributed by atoms with Gasteiger partial charge in [0.15, 0.2) is 0 Å². The van der Waals surface area contributed by atoms with Crippen molar-refractivity contribution in [1.29, 1.82) is 0 Å². The molecule has 0 atom stereocenters. The Morgan fingerprint density at radius 3 is 1.00 bits per heavy atom. The molecule has 3 nitrogen and oxygen atoms in total. The van der Waals surface area contributed by atoms with Gasteiger partial charge in [-0.3, -0.25) is 0 Å². The zero-order valence-electron chi connectivity index (χ0n) is 2.18. The molecular formula is IO3Tl-. The quantitative estimate of drug-likeness (QED) is 0.310. The monoisotopic (exact) mass is 380 g/mol. The van der Waals surface area contributed by atoms with E-state index in [-0.39, 0.29) is 27.3 Å². The fraction of sp³-hybridized carbons (Fsp3) is 0. The van der Waals surface area contributed by atoms with Gasteiger partial charge in [0.2, 0.25) is 0 Å². The van der Waals surface area contributed by atoms with E-state index in [4.69, 9.17) is 10.3 Å². The second-order valence-electron chi connectivity index (χ2n) is 0.189. The van der Waals surface area contributed by atoms with E-state index in [0.29, 0.717) is 0 Å². The average Bonchev–Trinajstić information content (AvgIpc) is 0.811. The molecule has 0 aromatic heterocycles. The van der Waals surface area contributed by atoms with Crippen LogP contribution in [0.3, 0.4) is 0 Å². The Bertz CT molecular complexity index is 11.6. The molecule has 0 aliphatic heterocycles. The third-order valence-corrected chi connectivity index (χ3v) is 0. The Morgan fingerprint density at radius 1 is 1.00 bits per heavy atom. The summed E-state index contributed by atoms with van der Waals surface area (Å²) in [5.41, 5.74) is 0. The Kier molecular flexibility index (Phi) is 10.8. The van der Waals surface area contributed by atoms with Crippen molar-refractivity contribution in [2.45, 2.75) is 0 Å². The van der Waals surface area contributed by atoms with E-state index >= 15 is 0 Å². The molecule has 0 amide bonds. The first-order valence-electron chi connectivity index (χ1n) is 0.463. The predicted molar refractivity (Wildman–Crippen MR) is 5.75 cm³/mol. The van der Waals surface area contributed by atoms with Gasteiger partial charge in [-0.25, -0.2) is 0 Å². The van der Waals surface area contributed by atoms with Crippen molar-refractivity contribution in [1.82, 2.24) is 0 Å². The summed E-state index contributed by atoms with van der Waals surface area (Å²) in [6, 6.07) is 0. The molecule has 0 saturated heterocycles. The molecule has 0 aromatic carbocycles. The van der Waals surface area contributed by atoms with E-state index in [1.165, 1.54) is 0 Å². The van der Waals surface area contributed by atoms with Gasteiger partial charge in [-0.15, -0.1) is 0 Å². The number of halogens is 1. The van der Waals surface area contributed by atoms with Gasteiger partial charge in [-0.05, 0) is 0 Å². The summed E-state index contributed by atoms with van der Waals surface area (Å²) in [5, 5.41) is 0. The van der Waals surface area contributed by atoms with Gasteiger partial charge >= 0.3 is 0 Å². The van der Waals surface area contributed by atoms with Crippen molar-refractivity contribution in [3.05, 3.63) is 0 Å². The maximum absolute atomic E-state index is 8.57. The summed E-state index contributed by atoms with van der Waals surface area (Å²) < 4.78 is 25.7. The largest absolute Gasteiger partial charge is 0.427 e. The maximum Gasteiger partial charge on any atom is 0.282 e. The number of hydrogen-bond acceptors (Lipinski definition) is 3. The van der Waals surface area contributed by atoms with Gasteiger partial charge in [0, 0.05) is 27.3 Å². The Morgan fingerprint density at radius 2 is 1.00 bits per heavy atom. The summed E-state index contributed by atoms with van der Waals surface area (Å²) >= 11 is -4.01. The first-order valence-corrected chi connectivity index (χ1v) is 3.11. The van der Waals surface area contributed by atoms with E-state index in [0.717, 1.165) is 0 Å². The van der Waals surface area contributed by atoms with Crippen LogP contribution in [0, 0.1) is 0 Å². The normalized spacial score (nSPS) is 7.20. The summed E-state index contributed by atoms with van der Waals surface area (Å²) in [7, 11) is 0. The minimum absolute atomic E-state index is 0. The second-order valence-corrected chi connectivity index (χ2v) is 1.27. The molecule has 0 fully saturated rings. The third kappa shape index (κ3) is 29.4. The number of rotatable bonds is 0. The fourth-order valence-electron chi connectivity index (χ4n) is 0. The van der Waals surface area contributed by atoms with Gasteiger partial charge in [0.25, 0.3) is 21.1 Å². The predicted octanol–water partition coefficient (Wildman–Crippen LogP) is -6.94. The van der Waals surface area contributed by atoms with Crippen LogP contribution in [-0.2, 0) is 0 Å². The van der Waals surface area contributed by atoms with Crippen molar-refractivity contribution in [2.75, 3.05) is 0 Å². The molecule has 0 aliphatic rings. The van der Waals surface area contributed by atoms with Crippen LogP contribution in [0.5, 0.6) is 0 Å². The van der Waals surface area contributed by atoms with Crippen molar-refractivity contribution in [3.63, 3.8) is 0 Å². The van der Waals surface area contributed by atoms with Crippen LogP contribution in [0.25, 0.3) is 0 Å². The summed E-state index contributed by atoms with van der Waals surface area (Å²) in [5.74, 6) is 0. The molecule has 0 aromatic rings. The fourth-order valence-corrected chi connectivity index (χ4v) is 0. The molecule has 5 heteroatoms. The minimum atomic E-state index is -4.01. The smallest absolute Gasteiger partial charge is 0.282 e. The summed E-state index contributed by atoms with van der Waals surface area (Å²) in [6.07, 6.45) is 0. The standard InChI is InChI=1S/IO3.Tl/c2-1(3)4;/q-1;. The molecule has 1 radical (unpaired) electrons. The van der Waals surface area contributed by atoms with Crippen molar-refractivity contribution in [2.24, 2.45) is 0 Å². The molecule has 0 aliphatic carbocycles. The van der Waals surface area contributed by atoms with Gasteiger partial charge in [-0.2, -0.15) is 0 Å². The SMILES string of the molecule is [O-][I+2]([O-])[O-].[Tl]. The van der Waals surface area contributed by atoms with Gasteiger partial charge in [0.1, 0.15) is 0 Å². The molecule has 0 spiro atoms.